The SMILES string of the molecule is CCOC(=O)c1ccc(N)cc1.COC(=O)c1ccccc1O. The van der Waals surface area contributed by atoms with Crippen LogP contribution in [-0.2, 0) is 9.47 Å². The number of esters is 2. The third kappa shape index (κ3) is 5.70. The van der Waals surface area contributed by atoms with Gasteiger partial charge in [0.2, 0.25) is 0 Å². The molecule has 0 saturated carbocycles. The van der Waals surface area contributed by atoms with E-state index in [0.717, 1.165) is 0 Å². The molecule has 6 nitrogen and oxygen atoms in total. The second-order valence-electron chi connectivity index (χ2n) is 4.35. The molecule has 0 aliphatic heterocycles. The van der Waals surface area contributed by atoms with E-state index in [9.17, 15) is 9.59 Å². The maximum absolute atomic E-state index is 11.1. The molecule has 2 aromatic rings. The van der Waals surface area contributed by atoms with Gasteiger partial charge in [-0.1, -0.05) is 12.1 Å². The number of hydrogen-bond acceptors (Lipinski definition) is 6. The van der Waals surface area contributed by atoms with Crippen LogP contribution in [0.25, 0.3) is 0 Å². The number of aromatic hydroxyl groups is 1. The van der Waals surface area contributed by atoms with Gasteiger partial charge in [-0.05, 0) is 43.3 Å². The standard InChI is InChI=1S/C9H11NO2.C8H8O3/c1-2-12-9(11)7-3-5-8(10)6-4-7;1-11-8(10)6-4-2-3-5-7(6)9/h3-6H,2,10H2,1H3;2-5,9H,1H3. The molecule has 0 heterocycles. The van der Waals surface area contributed by atoms with Crippen molar-refractivity contribution < 1.29 is 24.2 Å². The molecule has 0 fully saturated rings. The Morgan fingerprint density at radius 1 is 1.04 bits per heavy atom. The van der Waals surface area contributed by atoms with Crippen molar-refractivity contribution in [1.82, 2.24) is 0 Å². The van der Waals surface area contributed by atoms with Gasteiger partial charge in [-0.25, -0.2) is 9.59 Å². The highest BCUT2D eigenvalue weighted by Crippen LogP contribution is 2.15. The van der Waals surface area contributed by atoms with Gasteiger partial charge in [-0.15, -0.1) is 0 Å². The number of para-hydroxylation sites is 1. The Kier molecular flexibility index (Phi) is 7.13. The largest absolute Gasteiger partial charge is 0.507 e. The molecule has 0 amide bonds. The first-order chi connectivity index (χ1) is 11.0. The third-order valence-corrected chi connectivity index (χ3v) is 2.73. The van der Waals surface area contributed by atoms with Gasteiger partial charge in [0.25, 0.3) is 0 Å². The van der Waals surface area contributed by atoms with Crippen LogP contribution >= 0.6 is 0 Å². The second-order valence-corrected chi connectivity index (χ2v) is 4.35. The van der Waals surface area contributed by atoms with Crippen LogP contribution in [-0.4, -0.2) is 30.8 Å². The van der Waals surface area contributed by atoms with E-state index in [1.54, 1.807) is 43.3 Å². The highest BCUT2D eigenvalue weighted by molar-refractivity contribution is 5.92. The second kappa shape index (κ2) is 9.09. The normalized spacial score (nSPS) is 9.30. The summed E-state index contributed by atoms with van der Waals surface area (Å²) in [6.45, 7) is 2.17. The molecular formula is C17H19NO5. The summed E-state index contributed by atoms with van der Waals surface area (Å²) >= 11 is 0. The van der Waals surface area contributed by atoms with E-state index < -0.39 is 5.97 Å². The molecule has 0 aromatic heterocycles. The van der Waals surface area contributed by atoms with E-state index in [-0.39, 0.29) is 17.3 Å². The molecule has 0 aliphatic rings. The predicted octanol–water partition coefficient (Wildman–Crippen LogP) is 2.62. The Morgan fingerprint density at radius 3 is 2.17 bits per heavy atom. The average Bonchev–Trinajstić information content (AvgIpc) is 2.56. The number of methoxy groups -OCH3 is 1. The molecule has 122 valence electrons. The number of phenols is 1. The number of ether oxygens (including phenoxy) is 2. The minimum atomic E-state index is -0.525. The Balaban J connectivity index is 0.000000231. The lowest BCUT2D eigenvalue weighted by Gasteiger charge is -2.00. The number of carbonyl (C=O) groups is 2. The van der Waals surface area contributed by atoms with Crippen molar-refractivity contribution in [3.63, 3.8) is 0 Å². The maximum Gasteiger partial charge on any atom is 0.341 e. The molecule has 0 unspecified atom stereocenters. The van der Waals surface area contributed by atoms with Crippen LogP contribution in [0.4, 0.5) is 5.69 Å². The van der Waals surface area contributed by atoms with Crippen molar-refractivity contribution in [3.05, 3.63) is 59.7 Å². The molecule has 2 aromatic carbocycles. The van der Waals surface area contributed by atoms with E-state index in [0.29, 0.717) is 17.9 Å². The number of benzene rings is 2. The quantitative estimate of drug-likeness (QED) is 0.667. The third-order valence-electron chi connectivity index (χ3n) is 2.73. The monoisotopic (exact) mass is 317 g/mol. The van der Waals surface area contributed by atoms with Crippen molar-refractivity contribution >= 4 is 17.6 Å². The molecule has 0 radical (unpaired) electrons. The topological polar surface area (TPSA) is 98.9 Å². The summed E-state index contributed by atoms with van der Waals surface area (Å²) in [7, 11) is 1.27. The van der Waals surface area contributed by atoms with Crippen molar-refractivity contribution in [2.75, 3.05) is 19.5 Å². The number of nitrogens with two attached hydrogens (primary N) is 1. The van der Waals surface area contributed by atoms with Crippen molar-refractivity contribution in [2.24, 2.45) is 0 Å². The molecule has 6 heteroatoms. The smallest absolute Gasteiger partial charge is 0.341 e. The van der Waals surface area contributed by atoms with E-state index in [4.69, 9.17) is 15.6 Å². The Bertz CT molecular complexity index is 652. The molecule has 0 bridgehead atoms. The van der Waals surface area contributed by atoms with E-state index in [1.165, 1.54) is 19.2 Å². The van der Waals surface area contributed by atoms with E-state index in [1.807, 2.05) is 0 Å². The molecule has 0 aliphatic carbocycles. The van der Waals surface area contributed by atoms with Gasteiger partial charge in [-0.3, -0.25) is 0 Å². The number of anilines is 1. The van der Waals surface area contributed by atoms with Crippen LogP contribution in [0.5, 0.6) is 5.75 Å². The number of rotatable bonds is 3. The molecule has 2 rings (SSSR count). The number of hydrogen-bond donors (Lipinski definition) is 2. The van der Waals surface area contributed by atoms with Crippen LogP contribution in [0.3, 0.4) is 0 Å². The van der Waals surface area contributed by atoms with Crippen LogP contribution in [0.15, 0.2) is 48.5 Å². The highest BCUT2D eigenvalue weighted by atomic mass is 16.5. The summed E-state index contributed by atoms with van der Waals surface area (Å²) < 4.78 is 9.21. The lowest BCUT2D eigenvalue weighted by Crippen LogP contribution is -2.04. The van der Waals surface area contributed by atoms with E-state index >= 15 is 0 Å². The highest BCUT2D eigenvalue weighted by Gasteiger charge is 2.08. The molecule has 0 atom stereocenters. The zero-order chi connectivity index (χ0) is 17.2. The lowest BCUT2D eigenvalue weighted by atomic mass is 10.2. The average molecular weight is 317 g/mol. The molecule has 0 saturated heterocycles. The van der Waals surface area contributed by atoms with Crippen LogP contribution < -0.4 is 5.73 Å². The van der Waals surface area contributed by atoms with Gasteiger partial charge in [0, 0.05) is 5.69 Å². The van der Waals surface area contributed by atoms with Crippen molar-refractivity contribution in [2.45, 2.75) is 6.92 Å². The van der Waals surface area contributed by atoms with Crippen LogP contribution in [0.2, 0.25) is 0 Å². The molecule has 23 heavy (non-hydrogen) atoms. The summed E-state index contributed by atoms with van der Waals surface area (Å²) in [5, 5.41) is 9.11. The van der Waals surface area contributed by atoms with Gasteiger partial charge < -0.3 is 20.3 Å². The number of phenolic OH excluding ortho intramolecular Hbond substituents is 1. The van der Waals surface area contributed by atoms with Crippen molar-refractivity contribution in [1.29, 1.82) is 0 Å². The zero-order valence-corrected chi connectivity index (χ0v) is 13.0. The zero-order valence-electron chi connectivity index (χ0n) is 13.0. The van der Waals surface area contributed by atoms with Gasteiger partial charge in [0.1, 0.15) is 11.3 Å². The fourth-order valence-corrected chi connectivity index (χ4v) is 1.59. The molecular weight excluding hydrogens is 298 g/mol. The number of nitrogen functional groups attached to an aromatic ring is 1. The summed E-state index contributed by atoms with van der Waals surface area (Å²) in [4.78, 5) is 21.9. The first kappa shape index (κ1) is 18.0. The van der Waals surface area contributed by atoms with Crippen LogP contribution in [0.1, 0.15) is 27.6 Å². The molecule has 0 spiro atoms. The summed E-state index contributed by atoms with van der Waals surface area (Å²) in [6, 6.07) is 12.9. The fraction of sp³-hybridized carbons (Fsp3) is 0.176. The van der Waals surface area contributed by atoms with Gasteiger partial charge >= 0.3 is 11.9 Å². The first-order valence-electron chi connectivity index (χ1n) is 6.88. The fourth-order valence-electron chi connectivity index (χ4n) is 1.59. The van der Waals surface area contributed by atoms with Gasteiger partial charge in [0.15, 0.2) is 0 Å². The predicted molar refractivity (Wildman–Crippen MR) is 86.3 cm³/mol. The maximum atomic E-state index is 11.1. The summed E-state index contributed by atoms with van der Waals surface area (Å²) in [6.07, 6.45) is 0. The summed E-state index contributed by atoms with van der Waals surface area (Å²) in [5.74, 6) is -0.889. The Morgan fingerprint density at radius 2 is 1.65 bits per heavy atom. The van der Waals surface area contributed by atoms with Crippen molar-refractivity contribution in [3.8, 4) is 5.75 Å². The first-order valence-corrected chi connectivity index (χ1v) is 6.88. The lowest BCUT2D eigenvalue weighted by molar-refractivity contribution is 0.0525. The van der Waals surface area contributed by atoms with Gasteiger partial charge in [-0.2, -0.15) is 0 Å². The van der Waals surface area contributed by atoms with Crippen LogP contribution in [0, 0.1) is 0 Å². The van der Waals surface area contributed by atoms with E-state index in [2.05, 4.69) is 4.74 Å². The Hall–Kier alpha value is -3.02. The minimum absolute atomic E-state index is 0.0562. The van der Waals surface area contributed by atoms with Gasteiger partial charge in [0.05, 0.1) is 19.3 Å². The molecule has 3 N–H and O–H groups in total. The Labute approximate surface area is 134 Å². The minimum Gasteiger partial charge on any atom is -0.507 e. The summed E-state index contributed by atoms with van der Waals surface area (Å²) in [5.41, 5.74) is 6.81. The number of carbonyl (C=O) groups excluding carboxylic acids is 2.